The minimum absolute atomic E-state index is 0.315. The molecule has 140 valence electrons. The maximum absolute atomic E-state index is 5.85. The van der Waals surface area contributed by atoms with Gasteiger partial charge in [0.1, 0.15) is 5.60 Å². The van der Waals surface area contributed by atoms with E-state index in [2.05, 4.69) is 20.8 Å². The quantitative estimate of drug-likeness (QED) is 0.392. The van der Waals surface area contributed by atoms with Crippen molar-refractivity contribution in [3.63, 3.8) is 0 Å². The second-order valence-corrected chi connectivity index (χ2v) is 9.87. The summed E-state index contributed by atoms with van der Waals surface area (Å²) in [6, 6.07) is 0. The Kier molecular flexibility index (Phi) is 8.23. The van der Waals surface area contributed by atoms with Gasteiger partial charge in [0.15, 0.2) is 0 Å². The number of rotatable bonds is 9. The van der Waals surface area contributed by atoms with Gasteiger partial charge in [0.05, 0.1) is 16.8 Å². The molecule has 0 radical (unpaired) electrons. The van der Waals surface area contributed by atoms with Gasteiger partial charge in [-0.3, -0.25) is 0 Å². The van der Waals surface area contributed by atoms with Gasteiger partial charge >= 0.3 is 0 Å². The van der Waals surface area contributed by atoms with Crippen molar-refractivity contribution in [2.75, 3.05) is 0 Å². The molecule has 1 atom stereocenters. The molecule has 0 aromatic carbocycles. The van der Waals surface area contributed by atoms with E-state index in [0.29, 0.717) is 5.92 Å². The van der Waals surface area contributed by atoms with Gasteiger partial charge in [-0.1, -0.05) is 13.8 Å². The Morgan fingerprint density at radius 2 is 1.04 bits per heavy atom. The van der Waals surface area contributed by atoms with Crippen molar-refractivity contribution >= 4 is 0 Å². The Hall–Kier alpha value is -0.160. The highest BCUT2D eigenvalue weighted by Crippen LogP contribution is 2.32. The second-order valence-electron chi connectivity index (χ2n) is 9.87. The molecule has 0 N–H and O–H groups in total. The van der Waals surface area contributed by atoms with Crippen LogP contribution in [0.5, 0.6) is 0 Å². The van der Waals surface area contributed by atoms with Crippen LogP contribution in [0.15, 0.2) is 0 Å². The fourth-order valence-electron chi connectivity index (χ4n) is 2.11. The van der Waals surface area contributed by atoms with Crippen molar-refractivity contribution in [2.24, 2.45) is 5.92 Å². The standard InChI is InChI=1S/C19H40O4/c1-15(2)14-19(11,23-21-17(6,7)8)13-12-18(9,10)22-20-16(3,4)5/h15H,12-14H2,1-11H3. The molecule has 0 amide bonds. The van der Waals surface area contributed by atoms with Crippen molar-refractivity contribution in [3.05, 3.63) is 0 Å². The zero-order chi connectivity index (χ0) is 18.5. The molecule has 0 aliphatic carbocycles. The first-order valence-corrected chi connectivity index (χ1v) is 8.77. The minimum Gasteiger partial charge on any atom is -0.230 e. The van der Waals surface area contributed by atoms with Crippen LogP contribution in [-0.4, -0.2) is 22.4 Å². The van der Waals surface area contributed by atoms with Crippen LogP contribution < -0.4 is 0 Å². The van der Waals surface area contributed by atoms with Crippen molar-refractivity contribution in [1.82, 2.24) is 0 Å². The fraction of sp³-hybridized carbons (Fsp3) is 1.00. The normalized spacial score (nSPS) is 16.7. The number of hydrogen-bond acceptors (Lipinski definition) is 4. The van der Waals surface area contributed by atoms with Gasteiger partial charge in [-0.05, 0) is 87.5 Å². The molecule has 4 heteroatoms. The summed E-state index contributed by atoms with van der Waals surface area (Å²) in [5, 5.41) is 0. The lowest BCUT2D eigenvalue weighted by Crippen LogP contribution is -2.38. The summed E-state index contributed by atoms with van der Waals surface area (Å²) in [6.07, 6.45) is 2.58. The zero-order valence-corrected chi connectivity index (χ0v) is 17.3. The van der Waals surface area contributed by atoms with E-state index in [-0.39, 0.29) is 22.4 Å². The first-order valence-electron chi connectivity index (χ1n) is 8.77. The molecular weight excluding hydrogens is 292 g/mol. The van der Waals surface area contributed by atoms with E-state index < -0.39 is 0 Å². The van der Waals surface area contributed by atoms with Crippen LogP contribution >= 0.6 is 0 Å². The van der Waals surface area contributed by atoms with Crippen molar-refractivity contribution in [1.29, 1.82) is 0 Å². The van der Waals surface area contributed by atoms with Crippen LogP contribution in [0.3, 0.4) is 0 Å². The third kappa shape index (κ3) is 12.9. The maximum atomic E-state index is 5.85. The lowest BCUT2D eigenvalue weighted by atomic mass is 9.86. The molecule has 23 heavy (non-hydrogen) atoms. The summed E-state index contributed by atoms with van der Waals surface area (Å²) in [5.41, 5.74) is -1.36. The van der Waals surface area contributed by atoms with Crippen LogP contribution in [0.4, 0.5) is 0 Å². The monoisotopic (exact) mass is 332 g/mol. The summed E-state index contributed by atoms with van der Waals surface area (Å²) < 4.78 is 0. The maximum Gasteiger partial charge on any atom is 0.101 e. The Labute approximate surface area is 144 Å². The summed E-state index contributed by atoms with van der Waals surface area (Å²) in [6.45, 7) is 22.5. The minimum atomic E-state index is -0.378. The van der Waals surface area contributed by atoms with Gasteiger partial charge in [0, 0.05) is 0 Å². The molecule has 0 aliphatic heterocycles. The smallest absolute Gasteiger partial charge is 0.101 e. The zero-order valence-electron chi connectivity index (χ0n) is 17.3. The lowest BCUT2D eigenvalue weighted by molar-refractivity contribution is -0.413. The molecule has 4 nitrogen and oxygen atoms in total. The molecule has 0 rings (SSSR count). The highest BCUT2D eigenvalue weighted by molar-refractivity contribution is 4.80. The average molecular weight is 333 g/mol. The summed E-state index contributed by atoms with van der Waals surface area (Å²) in [4.78, 5) is 22.6. The molecule has 0 heterocycles. The third-order valence-corrected chi connectivity index (χ3v) is 3.11. The fourth-order valence-corrected chi connectivity index (χ4v) is 2.11. The Bertz CT molecular complexity index is 336. The highest BCUT2D eigenvalue weighted by Gasteiger charge is 2.34. The third-order valence-electron chi connectivity index (χ3n) is 3.11. The summed E-state index contributed by atoms with van der Waals surface area (Å²) >= 11 is 0. The van der Waals surface area contributed by atoms with E-state index in [1.807, 2.05) is 55.4 Å². The molecule has 0 aromatic rings. The molecule has 0 saturated carbocycles. The molecule has 0 aromatic heterocycles. The SMILES string of the molecule is CC(C)CC(C)(CCC(C)(C)OOC(C)(C)C)OOC(C)(C)C. The van der Waals surface area contributed by atoms with Crippen molar-refractivity contribution in [3.8, 4) is 0 Å². The summed E-state index contributed by atoms with van der Waals surface area (Å²) in [7, 11) is 0. The Morgan fingerprint density at radius 1 is 0.609 bits per heavy atom. The lowest BCUT2D eigenvalue weighted by Gasteiger charge is -2.36. The van der Waals surface area contributed by atoms with Crippen LogP contribution in [-0.2, 0) is 19.6 Å². The van der Waals surface area contributed by atoms with E-state index in [9.17, 15) is 0 Å². The largest absolute Gasteiger partial charge is 0.230 e. The molecule has 1 unspecified atom stereocenters. The van der Waals surface area contributed by atoms with Crippen LogP contribution in [0, 0.1) is 5.92 Å². The first-order chi connectivity index (χ1) is 10.0. The molecule has 0 bridgehead atoms. The molecule has 0 aliphatic rings. The van der Waals surface area contributed by atoms with Crippen molar-refractivity contribution in [2.45, 2.75) is 118 Å². The van der Waals surface area contributed by atoms with Crippen molar-refractivity contribution < 1.29 is 19.6 Å². The Balaban J connectivity index is 4.70. The molecule has 0 spiro atoms. The van der Waals surface area contributed by atoms with Gasteiger partial charge in [-0.15, -0.1) is 0 Å². The molecule has 0 fully saturated rings. The van der Waals surface area contributed by atoms with Crippen LogP contribution in [0.1, 0.15) is 95.4 Å². The second kappa shape index (κ2) is 8.28. The predicted molar refractivity (Wildman–Crippen MR) is 95.0 cm³/mol. The van der Waals surface area contributed by atoms with Gasteiger partial charge in [0.2, 0.25) is 0 Å². The molecular formula is C19H40O4. The van der Waals surface area contributed by atoms with Gasteiger partial charge in [-0.2, -0.15) is 0 Å². The van der Waals surface area contributed by atoms with E-state index in [1.165, 1.54) is 0 Å². The topological polar surface area (TPSA) is 36.9 Å². The first kappa shape index (κ1) is 22.8. The molecule has 0 saturated heterocycles. The van der Waals surface area contributed by atoms with E-state index in [0.717, 1.165) is 19.3 Å². The van der Waals surface area contributed by atoms with Crippen LogP contribution in [0.25, 0.3) is 0 Å². The summed E-state index contributed by atoms with van der Waals surface area (Å²) in [5.74, 6) is 0.526. The average Bonchev–Trinajstić information content (AvgIpc) is 2.30. The highest BCUT2D eigenvalue weighted by atomic mass is 17.2. The van der Waals surface area contributed by atoms with Gasteiger partial charge in [0.25, 0.3) is 0 Å². The van der Waals surface area contributed by atoms with Crippen LogP contribution in [0.2, 0.25) is 0 Å². The van der Waals surface area contributed by atoms with E-state index >= 15 is 0 Å². The van der Waals surface area contributed by atoms with Gasteiger partial charge in [-0.25, -0.2) is 19.6 Å². The predicted octanol–water partition coefficient (Wildman–Crippen LogP) is 5.84. The number of hydrogen-bond donors (Lipinski definition) is 0. The van der Waals surface area contributed by atoms with E-state index in [4.69, 9.17) is 19.6 Å². The van der Waals surface area contributed by atoms with Gasteiger partial charge < -0.3 is 0 Å². The Morgan fingerprint density at radius 3 is 1.43 bits per heavy atom. The van der Waals surface area contributed by atoms with E-state index in [1.54, 1.807) is 0 Å².